The number of hydrogen-bond donors (Lipinski definition) is 1. The van der Waals surface area contributed by atoms with Gasteiger partial charge in [-0.1, -0.05) is 18.2 Å². The summed E-state index contributed by atoms with van der Waals surface area (Å²) in [6.07, 6.45) is 0.472. The summed E-state index contributed by atoms with van der Waals surface area (Å²) in [5.74, 6) is -2.93. The highest BCUT2D eigenvalue weighted by Gasteiger charge is 2.39. The third-order valence-corrected chi connectivity index (χ3v) is 4.83. The van der Waals surface area contributed by atoms with E-state index >= 15 is 0 Å². The predicted octanol–water partition coefficient (Wildman–Crippen LogP) is 3.78. The minimum atomic E-state index is -5.08. The smallest absolute Gasteiger partial charge is 0.475 e. The molecule has 9 heteroatoms. The summed E-state index contributed by atoms with van der Waals surface area (Å²) < 4.78 is 56.4. The molecule has 1 aromatic rings. The number of aliphatic carboxylic acids is 1. The van der Waals surface area contributed by atoms with Crippen LogP contribution in [0.15, 0.2) is 36.9 Å². The lowest BCUT2D eigenvalue weighted by Gasteiger charge is -2.36. The lowest BCUT2D eigenvalue weighted by atomic mass is 9.99. The van der Waals surface area contributed by atoms with Gasteiger partial charge in [-0.05, 0) is 37.0 Å². The monoisotopic (exact) mass is 419 g/mol. The number of benzene rings is 1. The van der Waals surface area contributed by atoms with Gasteiger partial charge in [-0.15, -0.1) is 6.58 Å². The number of alkyl halides is 3. The number of carbonyl (C=O) groups is 1. The zero-order valence-corrected chi connectivity index (χ0v) is 15.9. The highest BCUT2D eigenvalue weighted by molar-refractivity contribution is 5.73. The average Bonchev–Trinajstić information content (AvgIpc) is 3.06. The van der Waals surface area contributed by atoms with Crippen LogP contribution in [0.4, 0.5) is 17.6 Å². The lowest BCUT2D eigenvalue weighted by molar-refractivity contribution is -0.192. The highest BCUT2D eigenvalue weighted by atomic mass is 19.4. The van der Waals surface area contributed by atoms with Crippen molar-refractivity contribution in [1.82, 2.24) is 4.90 Å². The Morgan fingerprint density at radius 3 is 2.52 bits per heavy atom. The Labute approximate surface area is 166 Å². The molecule has 2 heterocycles. The molecular formula is C20H25F4NO4. The molecule has 0 aromatic heterocycles. The van der Waals surface area contributed by atoms with Crippen LogP contribution in [0.2, 0.25) is 0 Å². The third kappa shape index (κ3) is 7.41. The standard InChI is InChI=1S/C18H24FNO2.C2HF3O2/c1-2-11-21-13-16-7-8-17-18(22-16)9-10-20(17)12-14-3-5-15(19)6-4-14;3-2(4,5)1(6)7/h2-6,16-18H,1,7-13H2;(H,6,7)/t16-,17-,18-;/m1./s1. The van der Waals surface area contributed by atoms with Crippen molar-refractivity contribution in [2.75, 3.05) is 19.8 Å². The molecule has 2 aliphatic rings. The van der Waals surface area contributed by atoms with E-state index in [1.54, 1.807) is 6.08 Å². The van der Waals surface area contributed by atoms with Gasteiger partial charge in [0.25, 0.3) is 0 Å². The lowest BCUT2D eigenvalue weighted by Crippen LogP contribution is -2.43. The number of fused-ring (bicyclic) bond motifs is 1. The molecule has 2 aliphatic heterocycles. The third-order valence-electron chi connectivity index (χ3n) is 4.83. The minimum Gasteiger partial charge on any atom is -0.475 e. The van der Waals surface area contributed by atoms with Crippen molar-refractivity contribution in [2.45, 2.75) is 50.2 Å². The average molecular weight is 419 g/mol. The van der Waals surface area contributed by atoms with Gasteiger partial charge in [0.15, 0.2) is 0 Å². The molecule has 3 atom stereocenters. The maximum atomic E-state index is 13.0. The maximum absolute atomic E-state index is 13.0. The maximum Gasteiger partial charge on any atom is 0.490 e. The summed E-state index contributed by atoms with van der Waals surface area (Å²) >= 11 is 0. The summed E-state index contributed by atoms with van der Waals surface area (Å²) in [4.78, 5) is 11.4. The van der Waals surface area contributed by atoms with E-state index in [2.05, 4.69) is 11.5 Å². The molecule has 0 radical (unpaired) electrons. The van der Waals surface area contributed by atoms with Crippen LogP contribution in [0.25, 0.3) is 0 Å². The largest absolute Gasteiger partial charge is 0.490 e. The van der Waals surface area contributed by atoms with Crippen molar-refractivity contribution in [3.05, 3.63) is 48.3 Å². The van der Waals surface area contributed by atoms with Crippen LogP contribution in [0.1, 0.15) is 24.8 Å². The second kappa shape index (κ2) is 10.7. The fourth-order valence-corrected chi connectivity index (χ4v) is 3.51. The Kier molecular flexibility index (Phi) is 8.60. The van der Waals surface area contributed by atoms with E-state index in [0.29, 0.717) is 25.4 Å². The van der Waals surface area contributed by atoms with Crippen molar-refractivity contribution in [3.63, 3.8) is 0 Å². The summed E-state index contributed by atoms with van der Waals surface area (Å²) in [5, 5.41) is 7.12. The van der Waals surface area contributed by atoms with E-state index in [9.17, 15) is 17.6 Å². The number of rotatable bonds is 6. The summed E-state index contributed by atoms with van der Waals surface area (Å²) in [5.41, 5.74) is 1.17. The molecule has 5 nitrogen and oxygen atoms in total. The zero-order chi connectivity index (χ0) is 21.4. The van der Waals surface area contributed by atoms with E-state index in [1.165, 1.54) is 17.7 Å². The van der Waals surface area contributed by atoms with E-state index in [4.69, 9.17) is 19.4 Å². The first-order chi connectivity index (χ1) is 13.7. The summed E-state index contributed by atoms with van der Waals surface area (Å²) in [7, 11) is 0. The number of ether oxygens (including phenoxy) is 2. The van der Waals surface area contributed by atoms with Gasteiger partial charge in [-0.25, -0.2) is 9.18 Å². The van der Waals surface area contributed by atoms with Gasteiger partial charge in [-0.2, -0.15) is 13.2 Å². The number of halogens is 4. The SMILES string of the molecule is C=CCOC[C@H]1CC[C@@H]2[C@@H](CCN2Cc2ccc(F)cc2)O1.O=C(O)C(F)(F)F. The Morgan fingerprint density at radius 1 is 1.28 bits per heavy atom. The van der Waals surface area contributed by atoms with E-state index < -0.39 is 12.1 Å². The fourth-order valence-electron chi connectivity index (χ4n) is 3.51. The molecule has 162 valence electrons. The van der Waals surface area contributed by atoms with Crippen molar-refractivity contribution < 1.29 is 36.9 Å². The summed E-state index contributed by atoms with van der Waals surface area (Å²) in [6, 6.07) is 7.30. The molecule has 1 aromatic carbocycles. The molecule has 0 aliphatic carbocycles. The van der Waals surface area contributed by atoms with Gasteiger partial charge in [0.2, 0.25) is 0 Å². The molecule has 0 unspecified atom stereocenters. The van der Waals surface area contributed by atoms with Gasteiger partial charge in [0.1, 0.15) is 5.82 Å². The Bertz CT molecular complexity index is 665. The molecule has 0 bridgehead atoms. The molecule has 0 saturated carbocycles. The molecule has 2 fully saturated rings. The van der Waals surface area contributed by atoms with Crippen molar-refractivity contribution in [1.29, 1.82) is 0 Å². The van der Waals surface area contributed by atoms with Crippen LogP contribution >= 0.6 is 0 Å². The number of likely N-dealkylation sites (tertiary alicyclic amines) is 1. The quantitative estimate of drug-likeness (QED) is 0.432. The van der Waals surface area contributed by atoms with E-state index in [-0.39, 0.29) is 11.9 Å². The first-order valence-electron chi connectivity index (χ1n) is 9.33. The van der Waals surface area contributed by atoms with Crippen molar-refractivity contribution >= 4 is 5.97 Å². The molecule has 2 saturated heterocycles. The second-order valence-electron chi connectivity index (χ2n) is 6.96. The Morgan fingerprint density at radius 2 is 1.93 bits per heavy atom. The minimum absolute atomic E-state index is 0.175. The molecule has 1 N–H and O–H groups in total. The van der Waals surface area contributed by atoms with Crippen LogP contribution < -0.4 is 0 Å². The second-order valence-corrected chi connectivity index (χ2v) is 6.96. The van der Waals surface area contributed by atoms with Crippen molar-refractivity contribution in [3.8, 4) is 0 Å². The molecule has 29 heavy (non-hydrogen) atoms. The normalized spacial score (nSPS) is 24.3. The topological polar surface area (TPSA) is 59.0 Å². The van der Waals surface area contributed by atoms with E-state index in [1.807, 2.05) is 12.1 Å². The predicted molar refractivity (Wildman–Crippen MR) is 97.8 cm³/mol. The zero-order valence-electron chi connectivity index (χ0n) is 15.9. The van der Waals surface area contributed by atoms with Crippen LogP contribution in [0, 0.1) is 5.82 Å². The van der Waals surface area contributed by atoms with Crippen LogP contribution in [-0.4, -0.2) is 60.2 Å². The number of nitrogens with zero attached hydrogens (tertiary/aromatic N) is 1. The Balaban J connectivity index is 0.000000370. The number of hydrogen-bond acceptors (Lipinski definition) is 4. The first kappa shape index (κ1) is 23.3. The van der Waals surface area contributed by atoms with Crippen LogP contribution in [0.5, 0.6) is 0 Å². The van der Waals surface area contributed by atoms with Gasteiger partial charge in [0, 0.05) is 19.1 Å². The van der Waals surface area contributed by atoms with Crippen LogP contribution in [0.3, 0.4) is 0 Å². The summed E-state index contributed by atoms with van der Waals surface area (Å²) in [6.45, 7) is 6.83. The van der Waals surface area contributed by atoms with Gasteiger partial charge < -0.3 is 14.6 Å². The molecule has 3 rings (SSSR count). The molecule has 0 amide bonds. The van der Waals surface area contributed by atoms with Gasteiger partial charge in [-0.3, -0.25) is 4.90 Å². The molecule has 0 spiro atoms. The van der Waals surface area contributed by atoms with Gasteiger partial charge in [0.05, 0.1) is 25.4 Å². The van der Waals surface area contributed by atoms with E-state index in [0.717, 1.165) is 32.4 Å². The van der Waals surface area contributed by atoms with Gasteiger partial charge >= 0.3 is 12.1 Å². The Hall–Kier alpha value is -1.97. The highest BCUT2D eigenvalue weighted by Crippen LogP contribution is 2.32. The first-order valence-corrected chi connectivity index (χ1v) is 9.33. The van der Waals surface area contributed by atoms with Crippen LogP contribution in [-0.2, 0) is 20.8 Å². The molecular weight excluding hydrogens is 394 g/mol. The van der Waals surface area contributed by atoms with Crippen molar-refractivity contribution in [2.24, 2.45) is 0 Å². The fraction of sp³-hybridized carbons (Fsp3) is 0.550. The number of carboxylic acid groups (broad SMARTS) is 1. The number of carboxylic acids is 1.